The maximum Gasteiger partial charge on any atom is 0.261 e. The van der Waals surface area contributed by atoms with Crippen LogP contribution in [0.25, 0.3) is 0 Å². The summed E-state index contributed by atoms with van der Waals surface area (Å²) in [6.45, 7) is 7.60. The number of aryl methyl sites for hydroxylation is 2. The first-order valence-corrected chi connectivity index (χ1v) is 12.7. The highest BCUT2D eigenvalue weighted by Crippen LogP contribution is 2.26. The third kappa shape index (κ3) is 7.99. The maximum absolute atomic E-state index is 13.7. The molecule has 196 valence electrons. The monoisotopic (exact) mass is 522 g/mol. The van der Waals surface area contributed by atoms with Gasteiger partial charge in [-0.25, -0.2) is 0 Å². The molecule has 3 aromatic carbocycles. The Bertz CT molecular complexity index is 1190. The lowest BCUT2D eigenvalue weighted by molar-refractivity contribution is -0.143. The molecular weight excluding hydrogens is 488 g/mol. The highest BCUT2D eigenvalue weighted by atomic mass is 35.5. The molecule has 2 amide bonds. The fraction of sp³-hybridized carbons (Fsp3) is 0.333. The van der Waals surface area contributed by atoms with Crippen molar-refractivity contribution in [2.24, 2.45) is 0 Å². The van der Waals surface area contributed by atoms with Crippen molar-refractivity contribution < 1.29 is 19.1 Å². The quantitative estimate of drug-likeness (QED) is 0.360. The van der Waals surface area contributed by atoms with E-state index >= 15 is 0 Å². The zero-order valence-corrected chi connectivity index (χ0v) is 22.8. The summed E-state index contributed by atoms with van der Waals surface area (Å²) in [6, 6.07) is 20.0. The number of hydrogen-bond donors (Lipinski definition) is 1. The number of methoxy groups -OCH3 is 1. The van der Waals surface area contributed by atoms with Crippen LogP contribution in [0.1, 0.15) is 36.1 Å². The van der Waals surface area contributed by atoms with E-state index in [1.165, 1.54) is 0 Å². The van der Waals surface area contributed by atoms with Gasteiger partial charge in [0.2, 0.25) is 5.91 Å². The molecule has 0 saturated heterocycles. The van der Waals surface area contributed by atoms with Gasteiger partial charge in [-0.3, -0.25) is 9.59 Å². The lowest BCUT2D eigenvalue weighted by Crippen LogP contribution is -2.52. The molecule has 0 fully saturated rings. The molecule has 1 atom stereocenters. The minimum atomic E-state index is -0.735. The largest absolute Gasteiger partial charge is 0.497 e. The molecule has 0 aliphatic carbocycles. The van der Waals surface area contributed by atoms with Crippen molar-refractivity contribution >= 4 is 23.4 Å². The van der Waals surface area contributed by atoms with Gasteiger partial charge in [-0.1, -0.05) is 54.1 Å². The van der Waals surface area contributed by atoms with Gasteiger partial charge in [0.1, 0.15) is 17.5 Å². The fourth-order valence-electron chi connectivity index (χ4n) is 4.12. The molecule has 0 spiro atoms. The number of hydrogen-bond acceptors (Lipinski definition) is 4. The van der Waals surface area contributed by atoms with Crippen LogP contribution in [0, 0.1) is 13.8 Å². The van der Waals surface area contributed by atoms with Crippen LogP contribution in [-0.2, 0) is 22.6 Å². The second-order valence-corrected chi connectivity index (χ2v) is 9.78. The van der Waals surface area contributed by atoms with Crippen LogP contribution in [0.2, 0.25) is 5.02 Å². The summed E-state index contributed by atoms with van der Waals surface area (Å²) in [4.78, 5) is 28.7. The molecule has 0 aliphatic rings. The summed E-state index contributed by atoms with van der Waals surface area (Å²) in [5.74, 6) is 0.723. The summed E-state index contributed by atoms with van der Waals surface area (Å²) >= 11 is 6.29. The average molecular weight is 523 g/mol. The number of ether oxygens (including phenoxy) is 2. The molecule has 3 aromatic rings. The van der Waals surface area contributed by atoms with Crippen molar-refractivity contribution in [2.75, 3.05) is 13.7 Å². The van der Waals surface area contributed by atoms with Crippen LogP contribution in [0.5, 0.6) is 11.5 Å². The van der Waals surface area contributed by atoms with E-state index in [9.17, 15) is 9.59 Å². The minimum Gasteiger partial charge on any atom is -0.497 e. The van der Waals surface area contributed by atoms with Gasteiger partial charge in [-0.05, 0) is 74.2 Å². The van der Waals surface area contributed by atoms with Crippen molar-refractivity contribution in [3.8, 4) is 11.5 Å². The Hall–Kier alpha value is -3.51. The molecule has 37 heavy (non-hydrogen) atoms. The number of benzene rings is 3. The highest BCUT2D eigenvalue weighted by molar-refractivity contribution is 6.32. The molecule has 0 aliphatic heterocycles. The Kier molecular flexibility index (Phi) is 9.98. The first kappa shape index (κ1) is 28.1. The molecular formula is C30H35ClN2O4. The van der Waals surface area contributed by atoms with Crippen molar-refractivity contribution in [1.29, 1.82) is 0 Å². The molecule has 7 heteroatoms. The van der Waals surface area contributed by atoms with Crippen LogP contribution in [-0.4, -0.2) is 42.5 Å². The van der Waals surface area contributed by atoms with Gasteiger partial charge >= 0.3 is 0 Å². The van der Waals surface area contributed by atoms with Crippen molar-refractivity contribution in [1.82, 2.24) is 10.2 Å². The Morgan fingerprint density at radius 2 is 1.57 bits per heavy atom. The lowest BCUT2D eigenvalue weighted by Gasteiger charge is -2.32. The van der Waals surface area contributed by atoms with E-state index in [1.54, 1.807) is 12.0 Å². The predicted molar refractivity (Wildman–Crippen MR) is 147 cm³/mol. The first-order chi connectivity index (χ1) is 17.7. The molecule has 6 nitrogen and oxygen atoms in total. The highest BCUT2D eigenvalue weighted by Gasteiger charge is 2.31. The van der Waals surface area contributed by atoms with Gasteiger partial charge in [0.15, 0.2) is 6.61 Å². The standard InChI is InChI=1S/C30H35ClN2O4/c1-20(2)32-30(35)27(17-23-10-7-6-8-11-23)33(18-24-12-9-13-25(16-24)36-5)28(34)19-37-26-14-21(3)29(31)22(4)15-26/h6-16,20,27H,17-19H2,1-5H3,(H,32,35). The Morgan fingerprint density at radius 3 is 2.19 bits per heavy atom. The number of rotatable bonds is 11. The third-order valence-electron chi connectivity index (χ3n) is 5.96. The SMILES string of the molecule is COc1cccc(CN(C(=O)COc2cc(C)c(Cl)c(C)c2)C(Cc2ccccc2)C(=O)NC(C)C)c1. The van der Waals surface area contributed by atoms with Crippen LogP contribution < -0.4 is 14.8 Å². The summed E-state index contributed by atoms with van der Waals surface area (Å²) in [6.07, 6.45) is 0.369. The van der Waals surface area contributed by atoms with E-state index in [4.69, 9.17) is 21.1 Å². The molecule has 1 unspecified atom stereocenters. The Balaban J connectivity index is 1.94. The summed E-state index contributed by atoms with van der Waals surface area (Å²) in [7, 11) is 1.60. The van der Waals surface area contributed by atoms with Crippen LogP contribution in [0.3, 0.4) is 0 Å². The average Bonchev–Trinajstić information content (AvgIpc) is 2.88. The Labute approximate surface area is 224 Å². The van der Waals surface area contributed by atoms with Gasteiger partial charge in [-0.2, -0.15) is 0 Å². The summed E-state index contributed by atoms with van der Waals surface area (Å²) < 4.78 is 11.3. The van der Waals surface area contributed by atoms with Gasteiger partial charge in [0, 0.05) is 24.0 Å². The number of carbonyl (C=O) groups is 2. The molecule has 0 aromatic heterocycles. The predicted octanol–water partition coefficient (Wildman–Crippen LogP) is 5.51. The van der Waals surface area contributed by atoms with Gasteiger partial charge in [0.05, 0.1) is 7.11 Å². The normalized spacial score (nSPS) is 11.6. The first-order valence-electron chi connectivity index (χ1n) is 12.3. The van der Waals surface area contributed by atoms with Crippen molar-refractivity contribution in [3.63, 3.8) is 0 Å². The smallest absolute Gasteiger partial charge is 0.261 e. The fourth-order valence-corrected chi connectivity index (χ4v) is 4.23. The van der Waals surface area contributed by atoms with E-state index < -0.39 is 6.04 Å². The molecule has 3 rings (SSSR count). The minimum absolute atomic E-state index is 0.0733. The van der Waals surface area contributed by atoms with E-state index in [0.717, 1.165) is 22.3 Å². The number of amides is 2. The molecule has 0 saturated carbocycles. The topological polar surface area (TPSA) is 67.9 Å². The number of nitrogens with one attached hydrogen (secondary N) is 1. The number of nitrogens with zero attached hydrogens (tertiary/aromatic N) is 1. The van der Waals surface area contributed by atoms with Gasteiger partial charge in [-0.15, -0.1) is 0 Å². The Morgan fingerprint density at radius 1 is 0.919 bits per heavy atom. The van der Waals surface area contributed by atoms with Crippen molar-refractivity contribution in [3.05, 3.63) is 94.0 Å². The summed E-state index contributed by atoms with van der Waals surface area (Å²) in [5.41, 5.74) is 3.55. The molecule has 0 radical (unpaired) electrons. The molecule has 0 bridgehead atoms. The van der Waals surface area contributed by atoms with E-state index in [-0.39, 0.29) is 31.0 Å². The molecule has 0 heterocycles. The zero-order valence-electron chi connectivity index (χ0n) is 22.1. The van der Waals surface area contributed by atoms with E-state index in [0.29, 0.717) is 22.9 Å². The van der Waals surface area contributed by atoms with E-state index in [2.05, 4.69) is 5.32 Å². The molecule has 1 N–H and O–H groups in total. The summed E-state index contributed by atoms with van der Waals surface area (Å²) in [5, 5.41) is 3.66. The third-order valence-corrected chi connectivity index (χ3v) is 6.56. The van der Waals surface area contributed by atoms with Crippen LogP contribution in [0.15, 0.2) is 66.7 Å². The maximum atomic E-state index is 13.7. The van der Waals surface area contributed by atoms with Gasteiger partial charge < -0.3 is 19.7 Å². The second-order valence-electron chi connectivity index (χ2n) is 9.40. The number of carbonyl (C=O) groups excluding carboxylic acids is 2. The lowest BCUT2D eigenvalue weighted by atomic mass is 10.0. The van der Waals surface area contributed by atoms with Crippen LogP contribution >= 0.6 is 11.6 Å². The van der Waals surface area contributed by atoms with E-state index in [1.807, 2.05) is 94.4 Å². The zero-order chi connectivity index (χ0) is 26.9. The number of halogens is 1. The van der Waals surface area contributed by atoms with Gasteiger partial charge in [0.25, 0.3) is 5.91 Å². The van der Waals surface area contributed by atoms with Crippen molar-refractivity contribution in [2.45, 2.75) is 52.7 Å². The van der Waals surface area contributed by atoms with Crippen LogP contribution in [0.4, 0.5) is 0 Å². The second kappa shape index (κ2) is 13.2.